The van der Waals surface area contributed by atoms with Gasteiger partial charge in [-0.1, -0.05) is 29.3 Å². The van der Waals surface area contributed by atoms with Crippen molar-refractivity contribution in [3.05, 3.63) is 70.1 Å². The number of carbonyl (C=O) groups is 1. The van der Waals surface area contributed by atoms with Crippen LogP contribution in [-0.2, 0) is 6.54 Å². The Kier molecular flexibility index (Phi) is 5.11. The second kappa shape index (κ2) is 7.46. The first-order valence-corrected chi connectivity index (χ1v) is 8.07. The smallest absolute Gasteiger partial charge is 0.271 e. The summed E-state index contributed by atoms with van der Waals surface area (Å²) in [7, 11) is 0. The molecule has 3 rings (SSSR count). The lowest BCUT2D eigenvalue weighted by atomic mass is 10.2. The number of H-pyrrole nitrogens is 1. The first-order valence-electron chi connectivity index (χ1n) is 7.32. The molecule has 0 saturated carbocycles. The monoisotopic (exact) mass is 376 g/mol. The van der Waals surface area contributed by atoms with E-state index in [0.717, 1.165) is 5.56 Å². The number of aromatic nitrogens is 2. The number of ether oxygens (including phenoxy) is 1. The molecule has 0 saturated heterocycles. The molecule has 2 aromatic carbocycles. The third kappa shape index (κ3) is 4.23. The van der Waals surface area contributed by atoms with Crippen LogP contribution in [0.2, 0.25) is 10.0 Å². The molecule has 1 heterocycles. The Balaban J connectivity index is 1.64. The Hall–Kier alpha value is -2.70. The van der Waals surface area contributed by atoms with Gasteiger partial charge in [-0.05, 0) is 42.0 Å². The number of hydrogen-bond donors (Lipinski definition) is 3. The second-order valence-electron chi connectivity index (χ2n) is 5.17. The summed E-state index contributed by atoms with van der Waals surface area (Å²) in [4.78, 5) is 18.5. The molecule has 0 spiro atoms. The predicted octanol–water partition coefficient (Wildman–Crippen LogP) is 4.02. The van der Waals surface area contributed by atoms with Crippen LogP contribution in [0.4, 0.5) is 5.82 Å². The maximum atomic E-state index is 12.0. The van der Waals surface area contributed by atoms with Crippen molar-refractivity contribution in [1.29, 1.82) is 0 Å². The summed E-state index contributed by atoms with van der Waals surface area (Å²) >= 11 is 12.1. The van der Waals surface area contributed by atoms with Crippen LogP contribution in [-0.4, -0.2) is 15.9 Å². The lowest BCUT2D eigenvalue weighted by Crippen LogP contribution is -2.24. The van der Waals surface area contributed by atoms with E-state index in [-0.39, 0.29) is 24.0 Å². The number of halogens is 2. The summed E-state index contributed by atoms with van der Waals surface area (Å²) in [6, 6.07) is 12.2. The standard InChI is InChI=1S/C17H14Cl2N4O2/c18-11-2-4-12(5-3-11)25-14-6-1-10(7-13(14)19)8-21-17(24)15-16(20)23-9-22-15/h1-7,9H,8,20H2,(H,21,24)(H,22,23). The number of anilines is 1. The number of aromatic amines is 1. The fourth-order valence-electron chi connectivity index (χ4n) is 2.12. The van der Waals surface area contributed by atoms with Crippen LogP contribution >= 0.6 is 23.2 Å². The summed E-state index contributed by atoms with van der Waals surface area (Å²) in [5, 5.41) is 3.80. The fraction of sp³-hybridized carbons (Fsp3) is 0.0588. The number of amides is 1. The summed E-state index contributed by atoms with van der Waals surface area (Å²) in [5.74, 6) is 0.953. The third-order valence-corrected chi connectivity index (χ3v) is 3.93. The van der Waals surface area contributed by atoms with Crippen LogP contribution in [0.25, 0.3) is 0 Å². The highest BCUT2D eigenvalue weighted by Crippen LogP contribution is 2.30. The van der Waals surface area contributed by atoms with Gasteiger partial charge in [-0.3, -0.25) is 4.79 Å². The number of imidazole rings is 1. The Labute approximate surface area is 153 Å². The van der Waals surface area contributed by atoms with Crippen molar-refractivity contribution in [1.82, 2.24) is 15.3 Å². The largest absolute Gasteiger partial charge is 0.456 e. The topological polar surface area (TPSA) is 93.0 Å². The lowest BCUT2D eigenvalue weighted by Gasteiger charge is -2.10. The van der Waals surface area contributed by atoms with Crippen molar-refractivity contribution in [2.75, 3.05) is 5.73 Å². The van der Waals surface area contributed by atoms with Gasteiger partial charge in [0.2, 0.25) is 0 Å². The van der Waals surface area contributed by atoms with E-state index in [2.05, 4.69) is 15.3 Å². The highest BCUT2D eigenvalue weighted by atomic mass is 35.5. The second-order valence-corrected chi connectivity index (χ2v) is 6.01. The van der Waals surface area contributed by atoms with Gasteiger partial charge in [-0.2, -0.15) is 0 Å². The molecule has 0 aliphatic carbocycles. The van der Waals surface area contributed by atoms with E-state index in [0.29, 0.717) is 21.5 Å². The average Bonchev–Trinajstić information content (AvgIpc) is 3.03. The van der Waals surface area contributed by atoms with Gasteiger partial charge < -0.3 is 20.8 Å². The quantitative estimate of drug-likeness (QED) is 0.626. The molecule has 1 amide bonds. The van der Waals surface area contributed by atoms with E-state index in [1.165, 1.54) is 6.33 Å². The zero-order valence-corrected chi connectivity index (χ0v) is 14.4. The van der Waals surface area contributed by atoms with Crippen LogP contribution in [0.3, 0.4) is 0 Å². The van der Waals surface area contributed by atoms with E-state index in [1.807, 2.05) is 6.07 Å². The summed E-state index contributed by atoms with van der Waals surface area (Å²) in [6.07, 6.45) is 1.37. The molecule has 1 aromatic heterocycles. The van der Waals surface area contributed by atoms with Crippen molar-refractivity contribution in [2.45, 2.75) is 6.54 Å². The molecular weight excluding hydrogens is 363 g/mol. The average molecular weight is 377 g/mol. The van der Waals surface area contributed by atoms with E-state index < -0.39 is 0 Å². The molecule has 0 radical (unpaired) electrons. The van der Waals surface area contributed by atoms with Gasteiger partial charge in [-0.15, -0.1) is 0 Å². The van der Waals surface area contributed by atoms with Crippen molar-refractivity contribution in [3.63, 3.8) is 0 Å². The van der Waals surface area contributed by atoms with Gasteiger partial charge in [-0.25, -0.2) is 4.98 Å². The van der Waals surface area contributed by atoms with Crippen LogP contribution < -0.4 is 15.8 Å². The summed E-state index contributed by atoms with van der Waals surface area (Å²) < 4.78 is 5.71. The van der Waals surface area contributed by atoms with Crippen LogP contribution in [0.15, 0.2) is 48.8 Å². The van der Waals surface area contributed by atoms with Crippen molar-refractivity contribution >= 4 is 34.9 Å². The number of rotatable bonds is 5. The number of hydrogen-bond acceptors (Lipinski definition) is 4. The van der Waals surface area contributed by atoms with Crippen molar-refractivity contribution in [3.8, 4) is 11.5 Å². The molecule has 128 valence electrons. The maximum Gasteiger partial charge on any atom is 0.271 e. The van der Waals surface area contributed by atoms with E-state index >= 15 is 0 Å². The van der Waals surface area contributed by atoms with Gasteiger partial charge in [0.1, 0.15) is 17.2 Å². The molecule has 6 nitrogen and oxygen atoms in total. The lowest BCUT2D eigenvalue weighted by molar-refractivity contribution is 0.0947. The molecule has 8 heteroatoms. The fourth-order valence-corrected chi connectivity index (χ4v) is 2.49. The number of nitrogens with zero attached hydrogens (tertiary/aromatic N) is 1. The van der Waals surface area contributed by atoms with Gasteiger partial charge in [0.15, 0.2) is 5.82 Å². The van der Waals surface area contributed by atoms with Crippen LogP contribution in [0.1, 0.15) is 16.1 Å². The van der Waals surface area contributed by atoms with Crippen molar-refractivity contribution in [2.24, 2.45) is 0 Å². The number of nitrogen functional groups attached to an aromatic ring is 1. The molecule has 4 N–H and O–H groups in total. The zero-order valence-electron chi connectivity index (χ0n) is 12.9. The van der Waals surface area contributed by atoms with E-state index in [4.69, 9.17) is 33.7 Å². The van der Waals surface area contributed by atoms with Gasteiger partial charge in [0.25, 0.3) is 5.91 Å². The zero-order chi connectivity index (χ0) is 17.8. The normalized spacial score (nSPS) is 10.5. The Morgan fingerprint density at radius 2 is 1.96 bits per heavy atom. The summed E-state index contributed by atoms with van der Waals surface area (Å²) in [5.41, 5.74) is 6.64. The Bertz CT molecular complexity index is 894. The highest BCUT2D eigenvalue weighted by Gasteiger charge is 2.12. The molecule has 0 fully saturated rings. The molecule has 0 atom stereocenters. The summed E-state index contributed by atoms with van der Waals surface area (Å²) in [6.45, 7) is 0.290. The Morgan fingerprint density at radius 1 is 1.20 bits per heavy atom. The van der Waals surface area contributed by atoms with Gasteiger partial charge >= 0.3 is 0 Å². The number of nitrogens with two attached hydrogens (primary N) is 1. The molecule has 3 aromatic rings. The minimum absolute atomic E-state index is 0.155. The van der Waals surface area contributed by atoms with E-state index in [9.17, 15) is 4.79 Å². The van der Waals surface area contributed by atoms with Crippen LogP contribution in [0, 0.1) is 0 Å². The number of carbonyl (C=O) groups excluding carboxylic acids is 1. The van der Waals surface area contributed by atoms with Gasteiger partial charge in [0, 0.05) is 11.6 Å². The Morgan fingerprint density at radius 3 is 2.60 bits per heavy atom. The maximum absolute atomic E-state index is 12.0. The molecule has 0 bridgehead atoms. The molecule has 0 aliphatic rings. The van der Waals surface area contributed by atoms with Crippen LogP contribution in [0.5, 0.6) is 11.5 Å². The predicted molar refractivity (Wildman–Crippen MR) is 97.1 cm³/mol. The number of benzene rings is 2. The molecule has 0 unspecified atom stereocenters. The van der Waals surface area contributed by atoms with Crippen molar-refractivity contribution < 1.29 is 9.53 Å². The minimum Gasteiger partial charge on any atom is -0.456 e. The minimum atomic E-state index is -0.340. The first-order chi connectivity index (χ1) is 12.0. The molecular formula is C17H14Cl2N4O2. The third-order valence-electron chi connectivity index (χ3n) is 3.39. The molecule has 0 aliphatic heterocycles. The molecule has 25 heavy (non-hydrogen) atoms. The number of nitrogens with one attached hydrogen (secondary N) is 2. The van der Waals surface area contributed by atoms with E-state index in [1.54, 1.807) is 36.4 Å². The highest BCUT2D eigenvalue weighted by molar-refractivity contribution is 6.32. The van der Waals surface area contributed by atoms with Gasteiger partial charge in [0.05, 0.1) is 11.3 Å². The SMILES string of the molecule is Nc1nc[nH]c1C(=O)NCc1ccc(Oc2ccc(Cl)cc2)c(Cl)c1. The first kappa shape index (κ1) is 17.1.